The lowest BCUT2D eigenvalue weighted by Gasteiger charge is -2.27. The minimum Gasteiger partial charge on any atom is -0.379 e. The summed E-state index contributed by atoms with van der Waals surface area (Å²) >= 11 is 0. The Morgan fingerprint density at radius 1 is 1.19 bits per heavy atom. The van der Waals surface area contributed by atoms with Crippen molar-refractivity contribution in [1.29, 1.82) is 0 Å². The maximum Gasteiger partial charge on any atom is 0.191 e. The number of benzene rings is 1. The van der Waals surface area contributed by atoms with E-state index in [0.29, 0.717) is 12.5 Å². The van der Waals surface area contributed by atoms with E-state index >= 15 is 0 Å². The molecule has 0 bridgehead atoms. The van der Waals surface area contributed by atoms with Gasteiger partial charge in [0.1, 0.15) is 0 Å². The lowest BCUT2D eigenvalue weighted by molar-refractivity contribution is 0.0341. The van der Waals surface area contributed by atoms with Crippen molar-refractivity contribution in [2.45, 2.75) is 26.9 Å². The van der Waals surface area contributed by atoms with Crippen LogP contribution in [0, 0.1) is 5.92 Å². The average molecular weight is 490 g/mol. The van der Waals surface area contributed by atoms with Gasteiger partial charge in [-0.15, -0.1) is 24.0 Å². The Labute approximate surface area is 181 Å². The van der Waals surface area contributed by atoms with Gasteiger partial charge in [-0.05, 0) is 17.0 Å². The van der Waals surface area contributed by atoms with Crippen LogP contribution in [0.4, 0.5) is 0 Å². The van der Waals surface area contributed by atoms with E-state index in [1.54, 1.807) is 7.05 Å². The van der Waals surface area contributed by atoms with Crippen molar-refractivity contribution in [3.05, 3.63) is 35.4 Å². The summed E-state index contributed by atoms with van der Waals surface area (Å²) in [6.45, 7) is 11.9. The van der Waals surface area contributed by atoms with Gasteiger partial charge in [-0.25, -0.2) is 0 Å². The van der Waals surface area contributed by atoms with Crippen LogP contribution in [-0.2, 0) is 22.6 Å². The van der Waals surface area contributed by atoms with E-state index < -0.39 is 0 Å². The Kier molecular flexibility index (Phi) is 12.6. The maximum atomic E-state index is 5.60. The third-order valence-electron chi connectivity index (χ3n) is 4.28. The molecule has 0 atom stereocenters. The van der Waals surface area contributed by atoms with Gasteiger partial charge in [-0.3, -0.25) is 9.89 Å². The molecule has 1 aromatic carbocycles. The molecule has 154 valence electrons. The van der Waals surface area contributed by atoms with Crippen LogP contribution in [0.1, 0.15) is 25.0 Å². The molecule has 0 radical (unpaired) electrons. The summed E-state index contributed by atoms with van der Waals surface area (Å²) in [6.07, 6.45) is 0. The highest BCUT2D eigenvalue weighted by atomic mass is 127. The summed E-state index contributed by atoms with van der Waals surface area (Å²) in [5, 5.41) is 6.70. The van der Waals surface area contributed by atoms with Crippen molar-refractivity contribution in [3.63, 3.8) is 0 Å². The standard InChI is InChI=1S/C20H34N4O2.HI/c1-17(2)16-26-11-8-22-20(21-3)23-14-18-6-4-5-7-19(18)15-24-9-12-25-13-10-24;/h4-7,17H,8-16H2,1-3H3,(H2,21,22,23);1H. The van der Waals surface area contributed by atoms with E-state index in [1.807, 2.05) is 0 Å². The predicted molar refractivity (Wildman–Crippen MR) is 122 cm³/mol. The van der Waals surface area contributed by atoms with E-state index in [9.17, 15) is 0 Å². The second kappa shape index (κ2) is 14.1. The lowest BCUT2D eigenvalue weighted by Crippen LogP contribution is -2.39. The van der Waals surface area contributed by atoms with Gasteiger partial charge in [0.05, 0.1) is 19.8 Å². The summed E-state index contributed by atoms with van der Waals surface area (Å²) in [6, 6.07) is 8.60. The van der Waals surface area contributed by atoms with Crippen LogP contribution in [0.15, 0.2) is 29.3 Å². The number of rotatable bonds is 9. The third-order valence-corrected chi connectivity index (χ3v) is 4.28. The first-order valence-corrected chi connectivity index (χ1v) is 9.58. The molecule has 0 aromatic heterocycles. The van der Waals surface area contributed by atoms with Gasteiger partial charge in [0, 0.05) is 46.4 Å². The average Bonchev–Trinajstić information content (AvgIpc) is 2.65. The zero-order valence-electron chi connectivity index (χ0n) is 16.9. The SMILES string of the molecule is CN=C(NCCOCC(C)C)NCc1ccccc1CN1CCOCC1.I. The Balaban J connectivity index is 0.00000364. The van der Waals surface area contributed by atoms with E-state index in [2.05, 4.69) is 58.6 Å². The Morgan fingerprint density at radius 2 is 1.89 bits per heavy atom. The molecule has 0 saturated carbocycles. The molecule has 2 rings (SSSR count). The summed E-state index contributed by atoms with van der Waals surface area (Å²) in [4.78, 5) is 6.74. The largest absolute Gasteiger partial charge is 0.379 e. The van der Waals surface area contributed by atoms with Crippen LogP contribution in [0.2, 0.25) is 0 Å². The summed E-state index contributed by atoms with van der Waals surface area (Å²) in [7, 11) is 1.80. The summed E-state index contributed by atoms with van der Waals surface area (Å²) < 4.78 is 11.0. The molecule has 1 aliphatic rings. The number of ether oxygens (including phenoxy) is 2. The first kappa shape index (κ1) is 24.1. The number of nitrogens with one attached hydrogen (secondary N) is 2. The zero-order valence-corrected chi connectivity index (χ0v) is 19.2. The molecular formula is C20H35IN4O2. The molecule has 1 fully saturated rings. The number of nitrogens with zero attached hydrogens (tertiary/aromatic N) is 2. The summed E-state index contributed by atoms with van der Waals surface area (Å²) in [5.74, 6) is 1.37. The van der Waals surface area contributed by atoms with Crippen LogP contribution >= 0.6 is 24.0 Å². The first-order chi connectivity index (χ1) is 12.7. The van der Waals surface area contributed by atoms with Crippen LogP contribution in [0.25, 0.3) is 0 Å². The topological polar surface area (TPSA) is 58.1 Å². The number of guanidine groups is 1. The van der Waals surface area contributed by atoms with Crippen LogP contribution in [0.5, 0.6) is 0 Å². The summed E-state index contributed by atoms with van der Waals surface area (Å²) in [5.41, 5.74) is 2.66. The van der Waals surface area contributed by atoms with Gasteiger partial charge in [0.15, 0.2) is 5.96 Å². The highest BCUT2D eigenvalue weighted by molar-refractivity contribution is 14.0. The fourth-order valence-electron chi connectivity index (χ4n) is 2.84. The predicted octanol–water partition coefficient (Wildman–Crippen LogP) is 2.47. The Bertz CT molecular complexity index is 549. The second-order valence-electron chi connectivity index (χ2n) is 6.98. The molecule has 1 aliphatic heterocycles. The molecule has 6 nitrogen and oxygen atoms in total. The smallest absolute Gasteiger partial charge is 0.191 e. The molecule has 0 aliphatic carbocycles. The quantitative estimate of drug-likeness (QED) is 0.241. The minimum absolute atomic E-state index is 0. The molecular weight excluding hydrogens is 455 g/mol. The molecule has 1 aromatic rings. The van der Waals surface area contributed by atoms with Crippen molar-refractivity contribution in [3.8, 4) is 0 Å². The molecule has 0 spiro atoms. The number of morpholine rings is 1. The Hall–Kier alpha value is -0.900. The highest BCUT2D eigenvalue weighted by Crippen LogP contribution is 2.12. The zero-order chi connectivity index (χ0) is 18.6. The second-order valence-corrected chi connectivity index (χ2v) is 6.98. The van der Waals surface area contributed by atoms with E-state index in [4.69, 9.17) is 9.47 Å². The Morgan fingerprint density at radius 3 is 2.56 bits per heavy atom. The molecule has 0 unspecified atom stereocenters. The van der Waals surface area contributed by atoms with Crippen molar-refractivity contribution < 1.29 is 9.47 Å². The minimum atomic E-state index is 0. The van der Waals surface area contributed by atoms with Crippen molar-refractivity contribution in [2.24, 2.45) is 10.9 Å². The van der Waals surface area contributed by atoms with Gasteiger partial charge in [0.2, 0.25) is 0 Å². The van der Waals surface area contributed by atoms with E-state index in [0.717, 1.165) is 58.5 Å². The monoisotopic (exact) mass is 490 g/mol. The van der Waals surface area contributed by atoms with Crippen LogP contribution < -0.4 is 10.6 Å². The lowest BCUT2D eigenvalue weighted by atomic mass is 10.1. The maximum absolute atomic E-state index is 5.60. The first-order valence-electron chi connectivity index (χ1n) is 9.58. The van der Waals surface area contributed by atoms with E-state index in [-0.39, 0.29) is 24.0 Å². The number of hydrogen-bond donors (Lipinski definition) is 2. The van der Waals surface area contributed by atoms with Gasteiger partial charge in [-0.2, -0.15) is 0 Å². The third kappa shape index (κ3) is 9.73. The number of aliphatic imine (C=N–C) groups is 1. The van der Waals surface area contributed by atoms with Gasteiger partial charge < -0.3 is 20.1 Å². The molecule has 0 amide bonds. The molecule has 2 N–H and O–H groups in total. The normalized spacial score (nSPS) is 15.5. The van der Waals surface area contributed by atoms with Crippen molar-refractivity contribution in [1.82, 2.24) is 15.5 Å². The molecule has 1 heterocycles. The molecule has 1 saturated heterocycles. The number of halogens is 1. The van der Waals surface area contributed by atoms with Crippen LogP contribution in [-0.4, -0.2) is 64.0 Å². The fourth-order valence-corrected chi connectivity index (χ4v) is 2.84. The van der Waals surface area contributed by atoms with Crippen molar-refractivity contribution >= 4 is 29.9 Å². The van der Waals surface area contributed by atoms with E-state index in [1.165, 1.54) is 11.1 Å². The van der Waals surface area contributed by atoms with Crippen molar-refractivity contribution in [2.75, 3.05) is 53.1 Å². The molecule has 7 heteroatoms. The highest BCUT2D eigenvalue weighted by Gasteiger charge is 2.12. The fraction of sp³-hybridized carbons (Fsp3) is 0.650. The van der Waals surface area contributed by atoms with Gasteiger partial charge in [-0.1, -0.05) is 38.1 Å². The van der Waals surface area contributed by atoms with Gasteiger partial charge in [0.25, 0.3) is 0 Å². The van der Waals surface area contributed by atoms with Crippen LogP contribution in [0.3, 0.4) is 0 Å². The molecule has 27 heavy (non-hydrogen) atoms. The van der Waals surface area contributed by atoms with Gasteiger partial charge >= 0.3 is 0 Å². The number of hydrogen-bond acceptors (Lipinski definition) is 4.